The zero-order chi connectivity index (χ0) is 16.9. The number of carbonyl (C=O) groups is 1. The number of halogens is 2. The Kier molecular flexibility index (Phi) is 3.71. The zero-order valence-corrected chi connectivity index (χ0v) is 13.6. The second-order valence-electron chi connectivity index (χ2n) is 7.04. The van der Waals surface area contributed by atoms with Crippen LogP contribution in [0.4, 0.5) is 8.78 Å². The monoisotopic (exact) mass is 337 g/mol. The molecule has 7 heteroatoms. The third-order valence-electron chi connectivity index (χ3n) is 5.55. The van der Waals surface area contributed by atoms with Crippen molar-refractivity contribution < 1.29 is 18.3 Å². The Bertz CT molecular complexity index is 644. The summed E-state index contributed by atoms with van der Waals surface area (Å²) in [6, 6.07) is 3.52. The van der Waals surface area contributed by atoms with Crippen LogP contribution in [0.15, 0.2) is 18.3 Å². The van der Waals surface area contributed by atoms with E-state index >= 15 is 0 Å². The number of alkyl halides is 2. The summed E-state index contributed by atoms with van der Waals surface area (Å²) in [6.07, 6.45) is 2.34. The summed E-state index contributed by atoms with van der Waals surface area (Å²) in [7, 11) is 1.78. The molecule has 2 aliphatic heterocycles. The molecule has 130 valence electrons. The molecule has 0 aromatic carbocycles. The molecule has 2 unspecified atom stereocenters. The Morgan fingerprint density at radius 2 is 2.04 bits per heavy atom. The van der Waals surface area contributed by atoms with E-state index < -0.39 is 5.92 Å². The van der Waals surface area contributed by atoms with Crippen LogP contribution in [0.25, 0.3) is 0 Å². The molecule has 0 spiro atoms. The molecule has 1 aromatic heterocycles. The Morgan fingerprint density at radius 3 is 2.79 bits per heavy atom. The lowest BCUT2D eigenvalue weighted by Crippen LogP contribution is -2.44. The van der Waals surface area contributed by atoms with Gasteiger partial charge in [-0.05, 0) is 25.0 Å². The van der Waals surface area contributed by atoms with Gasteiger partial charge in [0.1, 0.15) is 11.7 Å². The van der Waals surface area contributed by atoms with Crippen LogP contribution in [0, 0.1) is 0 Å². The topological polar surface area (TPSA) is 45.7 Å². The number of hydrogen-bond acceptors (Lipinski definition) is 4. The molecule has 3 heterocycles. The fourth-order valence-electron chi connectivity index (χ4n) is 4.09. The van der Waals surface area contributed by atoms with E-state index in [1.165, 1.54) is 0 Å². The number of amides is 1. The van der Waals surface area contributed by atoms with Crippen molar-refractivity contribution in [2.24, 2.45) is 0 Å². The number of fused-ring (bicyclic) bond motifs is 2. The minimum atomic E-state index is -2.52. The summed E-state index contributed by atoms with van der Waals surface area (Å²) in [6.45, 7) is 1.31. The molecule has 3 aliphatic rings. The zero-order valence-electron chi connectivity index (χ0n) is 13.6. The number of carbonyl (C=O) groups excluding carboxylic acids is 1. The molecule has 1 aromatic rings. The lowest BCUT2D eigenvalue weighted by atomic mass is 9.91. The molecule has 4 rings (SSSR count). The summed E-state index contributed by atoms with van der Waals surface area (Å²) in [4.78, 5) is 20.8. The van der Waals surface area contributed by atoms with E-state index in [0.29, 0.717) is 37.4 Å². The fraction of sp³-hybridized carbons (Fsp3) is 0.647. The highest BCUT2D eigenvalue weighted by Crippen LogP contribution is 2.37. The first-order chi connectivity index (χ1) is 11.4. The second-order valence-corrected chi connectivity index (χ2v) is 7.04. The van der Waals surface area contributed by atoms with E-state index in [9.17, 15) is 13.6 Å². The van der Waals surface area contributed by atoms with Gasteiger partial charge in [-0.25, -0.2) is 13.8 Å². The van der Waals surface area contributed by atoms with Crippen LogP contribution in [0.5, 0.6) is 5.88 Å². The molecule has 0 bridgehead atoms. The second kappa shape index (κ2) is 5.65. The van der Waals surface area contributed by atoms with Crippen LogP contribution in [0.1, 0.15) is 36.0 Å². The van der Waals surface area contributed by atoms with Crippen LogP contribution in [-0.4, -0.2) is 64.9 Å². The molecule has 2 atom stereocenters. The summed E-state index contributed by atoms with van der Waals surface area (Å²) in [5.74, 6) is -2.24. The normalized spacial score (nSPS) is 30.5. The molecule has 1 aliphatic carbocycles. The van der Waals surface area contributed by atoms with Gasteiger partial charge in [0.15, 0.2) is 0 Å². The molecule has 0 radical (unpaired) electrons. The van der Waals surface area contributed by atoms with Gasteiger partial charge < -0.3 is 9.64 Å². The molecule has 24 heavy (non-hydrogen) atoms. The molecular formula is C17H21F2N3O2. The SMILES string of the molecule is CN1C(=O)c2cccnc2OC2CN(C3CCC(F)(F)CC3)CC21. The first-order valence-electron chi connectivity index (χ1n) is 8.45. The first kappa shape index (κ1) is 15.7. The van der Waals surface area contributed by atoms with E-state index in [0.717, 1.165) is 0 Å². The van der Waals surface area contributed by atoms with Gasteiger partial charge in [0.25, 0.3) is 5.91 Å². The molecule has 1 saturated carbocycles. The maximum absolute atomic E-state index is 13.4. The molecule has 2 fully saturated rings. The molecular weight excluding hydrogens is 316 g/mol. The first-order valence-corrected chi connectivity index (χ1v) is 8.45. The van der Waals surface area contributed by atoms with Gasteiger partial charge in [-0.1, -0.05) is 0 Å². The van der Waals surface area contributed by atoms with Gasteiger partial charge in [0.2, 0.25) is 11.8 Å². The molecule has 1 saturated heterocycles. The molecule has 1 amide bonds. The summed E-state index contributed by atoms with van der Waals surface area (Å²) in [5.41, 5.74) is 0.484. The Balaban J connectivity index is 1.52. The number of aromatic nitrogens is 1. The van der Waals surface area contributed by atoms with Crippen LogP contribution < -0.4 is 4.74 Å². The molecule has 0 N–H and O–H groups in total. The van der Waals surface area contributed by atoms with Crippen LogP contribution in [-0.2, 0) is 0 Å². The van der Waals surface area contributed by atoms with Gasteiger partial charge in [-0.3, -0.25) is 9.69 Å². The van der Waals surface area contributed by atoms with Crippen molar-refractivity contribution in [2.75, 3.05) is 20.1 Å². The van der Waals surface area contributed by atoms with Gasteiger partial charge in [-0.15, -0.1) is 0 Å². The van der Waals surface area contributed by atoms with Crippen LogP contribution in [0.3, 0.4) is 0 Å². The van der Waals surface area contributed by atoms with Crippen molar-refractivity contribution >= 4 is 5.91 Å². The van der Waals surface area contributed by atoms with E-state index in [1.807, 2.05) is 0 Å². The number of likely N-dealkylation sites (N-methyl/N-ethyl adjacent to an activating group) is 1. The Hall–Kier alpha value is -1.76. The minimum Gasteiger partial charge on any atom is -0.470 e. The predicted octanol–water partition coefficient (Wildman–Crippen LogP) is 2.18. The Morgan fingerprint density at radius 1 is 1.29 bits per heavy atom. The van der Waals surface area contributed by atoms with Crippen molar-refractivity contribution in [3.8, 4) is 5.88 Å². The van der Waals surface area contributed by atoms with Gasteiger partial charge >= 0.3 is 0 Å². The van der Waals surface area contributed by atoms with E-state index in [4.69, 9.17) is 4.74 Å². The number of ether oxygens (including phenoxy) is 1. The van der Waals surface area contributed by atoms with Crippen LogP contribution >= 0.6 is 0 Å². The third-order valence-corrected chi connectivity index (χ3v) is 5.55. The Labute approximate surface area is 139 Å². The summed E-state index contributed by atoms with van der Waals surface area (Å²) >= 11 is 0. The smallest absolute Gasteiger partial charge is 0.259 e. The lowest BCUT2D eigenvalue weighted by Gasteiger charge is -2.34. The van der Waals surface area contributed by atoms with Crippen molar-refractivity contribution in [1.82, 2.24) is 14.8 Å². The summed E-state index contributed by atoms with van der Waals surface area (Å²) in [5, 5.41) is 0. The highest BCUT2D eigenvalue weighted by Gasteiger charge is 2.46. The van der Waals surface area contributed by atoms with E-state index in [-0.39, 0.29) is 36.9 Å². The number of hydrogen-bond donors (Lipinski definition) is 0. The highest BCUT2D eigenvalue weighted by atomic mass is 19.3. The maximum atomic E-state index is 13.4. The largest absolute Gasteiger partial charge is 0.470 e. The van der Waals surface area contributed by atoms with E-state index in [2.05, 4.69) is 9.88 Å². The minimum absolute atomic E-state index is 0.0521. The number of pyridine rings is 1. The van der Waals surface area contributed by atoms with Gasteiger partial charge in [-0.2, -0.15) is 0 Å². The molecule has 5 nitrogen and oxygen atoms in total. The third kappa shape index (κ3) is 2.64. The standard InChI is InChI=1S/C17H21F2N3O2/c1-21-13-9-22(11-4-6-17(18,19)7-5-11)10-14(13)24-15-12(16(21)23)3-2-8-20-15/h2-3,8,11,13-14H,4-7,9-10H2,1H3. The fourth-order valence-corrected chi connectivity index (χ4v) is 4.09. The van der Waals surface area contributed by atoms with Gasteiger partial charge in [0.05, 0.1) is 6.04 Å². The van der Waals surface area contributed by atoms with Crippen molar-refractivity contribution in [1.29, 1.82) is 0 Å². The van der Waals surface area contributed by atoms with Gasteiger partial charge in [0, 0.05) is 45.2 Å². The van der Waals surface area contributed by atoms with Crippen molar-refractivity contribution in [3.05, 3.63) is 23.9 Å². The average Bonchev–Trinajstić information content (AvgIpc) is 2.94. The van der Waals surface area contributed by atoms with Crippen LogP contribution in [0.2, 0.25) is 0 Å². The number of likely N-dealkylation sites (tertiary alicyclic amines) is 1. The summed E-state index contributed by atoms with van der Waals surface area (Å²) < 4.78 is 32.8. The highest BCUT2D eigenvalue weighted by molar-refractivity contribution is 5.96. The number of rotatable bonds is 1. The van der Waals surface area contributed by atoms with Crippen molar-refractivity contribution in [2.45, 2.75) is 49.8 Å². The quantitative estimate of drug-likeness (QED) is 0.788. The van der Waals surface area contributed by atoms with Crippen molar-refractivity contribution in [3.63, 3.8) is 0 Å². The lowest BCUT2D eigenvalue weighted by molar-refractivity contribution is -0.0523. The number of nitrogens with zero attached hydrogens (tertiary/aromatic N) is 3. The maximum Gasteiger partial charge on any atom is 0.259 e. The average molecular weight is 337 g/mol. The predicted molar refractivity (Wildman–Crippen MR) is 83.3 cm³/mol. The van der Waals surface area contributed by atoms with E-state index in [1.54, 1.807) is 30.3 Å².